The maximum Gasteiger partial charge on any atom is 0.276 e. The lowest BCUT2D eigenvalue weighted by Crippen LogP contribution is -2.71. The molecule has 0 radical (unpaired) electrons. The Morgan fingerprint density at radius 3 is 2.94 bits per heavy atom. The largest absolute Gasteiger partial charge is 0.543 e. The Morgan fingerprint density at radius 1 is 1.50 bits per heavy atom. The molecule has 0 saturated carbocycles. The van der Waals surface area contributed by atoms with Crippen molar-refractivity contribution in [3.8, 4) is 0 Å². The number of aliphatic carboxylic acids is 1. The summed E-state index contributed by atoms with van der Waals surface area (Å²) in [5.74, 6) is -2.43. The molecule has 0 aliphatic carbocycles. The van der Waals surface area contributed by atoms with Gasteiger partial charge in [0, 0.05) is 23.3 Å². The Hall–Kier alpha value is -3.71. The molecule has 2 aromatic heterocycles. The van der Waals surface area contributed by atoms with Crippen molar-refractivity contribution >= 4 is 51.7 Å². The van der Waals surface area contributed by atoms with Crippen molar-refractivity contribution in [3.05, 3.63) is 65.1 Å². The highest BCUT2D eigenvalue weighted by Gasteiger charge is 2.53. The Labute approximate surface area is 202 Å². The van der Waals surface area contributed by atoms with Gasteiger partial charge in [-0.3, -0.25) is 14.5 Å². The number of anilines is 1. The first kappa shape index (κ1) is 23.4. The van der Waals surface area contributed by atoms with Gasteiger partial charge in [0.15, 0.2) is 17.0 Å². The summed E-state index contributed by atoms with van der Waals surface area (Å²) < 4.78 is 1.85. The number of rotatable bonds is 8. The number of nitrogens with two attached hydrogens (primary N) is 1. The quantitative estimate of drug-likeness (QED) is 0.204. The second kappa shape index (κ2) is 9.65. The summed E-state index contributed by atoms with van der Waals surface area (Å²) in [6.07, 6.45) is 3.23. The average Bonchev–Trinajstić information content (AvgIpc) is 3.25. The molecule has 176 valence electrons. The molecule has 1 fully saturated rings. The fourth-order valence-electron chi connectivity index (χ4n) is 3.47. The number of allylic oxidation sites excluding steroid dienone is 1. The highest BCUT2D eigenvalue weighted by molar-refractivity contribution is 8.00. The number of nitrogens with zero attached hydrogens (tertiary/aromatic N) is 4. The number of oxime groups is 1. The minimum absolute atomic E-state index is 0.0897. The van der Waals surface area contributed by atoms with Gasteiger partial charge < -0.3 is 25.8 Å². The van der Waals surface area contributed by atoms with Crippen LogP contribution >= 0.6 is 23.1 Å². The van der Waals surface area contributed by atoms with E-state index in [1.807, 2.05) is 36.0 Å². The van der Waals surface area contributed by atoms with Crippen LogP contribution in [0.15, 0.2) is 58.9 Å². The van der Waals surface area contributed by atoms with E-state index in [9.17, 15) is 19.5 Å². The minimum atomic E-state index is -1.47. The Morgan fingerprint density at radius 2 is 2.29 bits per heavy atom. The van der Waals surface area contributed by atoms with Crippen molar-refractivity contribution < 1.29 is 28.9 Å². The van der Waals surface area contributed by atoms with Crippen LogP contribution < -0.4 is 20.7 Å². The zero-order valence-corrected chi connectivity index (χ0v) is 19.6. The van der Waals surface area contributed by atoms with Crippen molar-refractivity contribution in [3.63, 3.8) is 0 Å². The van der Waals surface area contributed by atoms with Crippen molar-refractivity contribution in [2.75, 3.05) is 11.5 Å². The lowest BCUT2D eigenvalue weighted by Gasteiger charge is -2.50. The number of carbonyl (C=O) groups is 3. The first-order valence-corrected chi connectivity index (χ1v) is 11.9. The second-order valence-electron chi connectivity index (χ2n) is 7.31. The molecular formula is C21H20N6O5S2. The third-order valence-corrected chi connectivity index (χ3v) is 7.21. The van der Waals surface area contributed by atoms with Crippen molar-refractivity contribution in [1.82, 2.24) is 15.2 Å². The lowest BCUT2D eigenvalue weighted by molar-refractivity contribution is -0.681. The number of amides is 2. The van der Waals surface area contributed by atoms with E-state index in [4.69, 9.17) is 10.6 Å². The molecule has 2 aliphatic heterocycles. The molecule has 3 N–H and O–H groups in total. The number of nitrogen functional groups attached to an aromatic ring is 1. The number of fused-ring (bicyclic) bond motifs is 1. The predicted octanol–water partition coefficient (Wildman–Crippen LogP) is -0.939. The number of hydrogen-bond donors (Lipinski definition) is 2. The number of hydrogen-bond acceptors (Lipinski definition) is 10. The fourth-order valence-corrected chi connectivity index (χ4v) is 5.36. The zero-order valence-electron chi connectivity index (χ0n) is 18.0. The fraction of sp³-hybridized carbons (Fsp3) is 0.238. The van der Waals surface area contributed by atoms with E-state index in [0.717, 1.165) is 21.9 Å². The summed E-state index contributed by atoms with van der Waals surface area (Å²) in [6.45, 7) is 3.68. The van der Waals surface area contributed by atoms with E-state index in [-0.39, 0.29) is 28.8 Å². The van der Waals surface area contributed by atoms with E-state index >= 15 is 0 Å². The van der Waals surface area contributed by atoms with Crippen LogP contribution in [0.4, 0.5) is 5.13 Å². The van der Waals surface area contributed by atoms with E-state index in [1.54, 1.807) is 5.38 Å². The van der Waals surface area contributed by atoms with E-state index in [2.05, 4.69) is 22.0 Å². The SMILES string of the molecule is C=CC1=C(C(=O)[O-])N2C(=O)C(NC(=O)C(=NOCc3cccc[n+]3C)c3csc(N)n3)[C@H]2SC1. The molecule has 2 aliphatic rings. The number of thiazole rings is 1. The van der Waals surface area contributed by atoms with Gasteiger partial charge in [-0.2, -0.15) is 0 Å². The van der Waals surface area contributed by atoms with Gasteiger partial charge in [-0.15, -0.1) is 23.1 Å². The van der Waals surface area contributed by atoms with Gasteiger partial charge in [0.1, 0.15) is 24.2 Å². The number of nitrogens with one attached hydrogen (secondary N) is 1. The molecule has 13 heteroatoms. The van der Waals surface area contributed by atoms with Crippen molar-refractivity contribution in [2.45, 2.75) is 18.0 Å². The lowest BCUT2D eigenvalue weighted by atomic mass is 10.0. The molecule has 4 heterocycles. The molecule has 11 nitrogen and oxygen atoms in total. The molecule has 1 unspecified atom stereocenters. The highest BCUT2D eigenvalue weighted by atomic mass is 32.2. The molecule has 34 heavy (non-hydrogen) atoms. The first-order chi connectivity index (χ1) is 16.3. The topological polar surface area (TPSA) is 154 Å². The number of thioether (sulfide) groups is 1. The molecular weight excluding hydrogens is 480 g/mol. The molecule has 2 aromatic rings. The third-order valence-electron chi connectivity index (χ3n) is 5.23. The number of pyridine rings is 1. The number of β-lactam (4-membered cyclic amide) rings is 1. The van der Waals surface area contributed by atoms with Crippen LogP contribution in [0, 0.1) is 0 Å². The first-order valence-electron chi connectivity index (χ1n) is 9.99. The van der Waals surface area contributed by atoms with Gasteiger partial charge in [0.05, 0.1) is 11.7 Å². The Balaban J connectivity index is 1.52. The van der Waals surface area contributed by atoms with Crippen LogP contribution in [-0.4, -0.2) is 50.5 Å². The zero-order chi connectivity index (χ0) is 24.4. The molecule has 1 saturated heterocycles. The van der Waals surface area contributed by atoms with Gasteiger partial charge in [-0.1, -0.05) is 17.8 Å². The molecule has 2 atom stereocenters. The van der Waals surface area contributed by atoms with Crippen LogP contribution in [-0.2, 0) is 32.9 Å². The van der Waals surface area contributed by atoms with Gasteiger partial charge >= 0.3 is 0 Å². The van der Waals surface area contributed by atoms with Gasteiger partial charge in [0.25, 0.3) is 11.8 Å². The van der Waals surface area contributed by atoms with Crippen molar-refractivity contribution in [1.29, 1.82) is 0 Å². The standard InChI is InChI=1S/C21H20N6O5S2/c1-3-11-9-33-19-15(18(29)27(19)16(11)20(30)31)24-17(28)14(13-10-34-21(22)23-13)25-32-8-12-6-4-5-7-26(12)2/h3-7,10,15,19H,1,8-9H2,2H3,(H3-,22,23,24,28,30,31)/t15?,19-/m1/s1. The summed E-state index contributed by atoms with van der Waals surface area (Å²) in [4.78, 5) is 48.0. The number of aryl methyl sites for hydroxylation is 1. The number of aromatic nitrogens is 2. The summed E-state index contributed by atoms with van der Waals surface area (Å²) in [5, 5.41) is 19.4. The summed E-state index contributed by atoms with van der Waals surface area (Å²) in [6, 6.07) is 4.61. The van der Waals surface area contributed by atoms with Crippen LogP contribution in [0.25, 0.3) is 0 Å². The van der Waals surface area contributed by atoms with E-state index in [1.165, 1.54) is 17.8 Å². The molecule has 2 amide bonds. The third kappa shape index (κ3) is 4.39. The molecule has 4 rings (SSSR count). The normalized spacial score (nSPS) is 19.9. The van der Waals surface area contributed by atoms with Crippen molar-refractivity contribution in [2.24, 2.45) is 12.2 Å². The Bertz CT molecular complexity index is 1240. The van der Waals surface area contributed by atoms with Crippen LogP contribution in [0.2, 0.25) is 0 Å². The highest BCUT2D eigenvalue weighted by Crippen LogP contribution is 2.40. The molecule has 0 spiro atoms. The molecule has 0 aromatic carbocycles. The molecule has 0 bridgehead atoms. The predicted molar refractivity (Wildman–Crippen MR) is 123 cm³/mol. The number of carboxylic acid groups (broad SMARTS) is 1. The van der Waals surface area contributed by atoms with Gasteiger partial charge in [-0.25, -0.2) is 9.55 Å². The maximum atomic E-state index is 13.1. The second-order valence-corrected chi connectivity index (χ2v) is 9.31. The minimum Gasteiger partial charge on any atom is -0.543 e. The summed E-state index contributed by atoms with van der Waals surface area (Å²) in [7, 11) is 1.85. The van der Waals surface area contributed by atoms with Gasteiger partial charge in [0.2, 0.25) is 12.3 Å². The van der Waals surface area contributed by atoms with Crippen LogP contribution in [0.3, 0.4) is 0 Å². The van der Waals surface area contributed by atoms with E-state index < -0.39 is 29.2 Å². The maximum absolute atomic E-state index is 13.1. The van der Waals surface area contributed by atoms with E-state index in [0.29, 0.717) is 11.3 Å². The number of carbonyl (C=O) groups excluding carboxylic acids is 3. The Kier molecular flexibility index (Phi) is 6.65. The smallest absolute Gasteiger partial charge is 0.276 e. The summed E-state index contributed by atoms with van der Waals surface area (Å²) >= 11 is 2.44. The monoisotopic (exact) mass is 500 g/mol. The average molecular weight is 501 g/mol. The number of carboxylic acids is 1. The van der Waals surface area contributed by atoms with Crippen LogP contribution in [0.5, 0.6) is 0 Å². The summed E-state index contributed by atoms with van der Waals surface area (Å²) in [5.41, 5.74) is 6.73. The van der Waals surface area contributed by atoms with Crippen LogP contribution in [0.1, 0.15) is 11.4 Å². The van der Waals surface area contributed by atoms with Gasteiger partial charge in [-0.05, 0) is 11.6 Å².